The molecule has 58 heavy (non-hydrogen) atoms. The van der Waals surface area contributed by atoms with Crippen molar-refractivity contribution in [3.8, 4) is 0 Å². The van der Waals surface area contributed by atoms with Gasteiger partial charge in [0.1, 0.15) is 31.2 Å². The number of rotatable bonds is 19. The fourth-order valence-corrected chi connectivity index (χ4v) is 5.60. The largest absolute Gasteiger partial charge is 0.447 e. The number of anilines is 2. The van der Waals surface area contributed by atoms with E-state index in [2.05, 4.69) is 26.3 Å². The number of nitrogen functional groups attached to an aromatic ring is 1. The number of primary amides is 1. The van der Waals surface area contributed by atoms with Crippen LogP contribution in [0.3, 0.4) is 0 Å². The van der Waals surface area contributed by atoms with Crippen LogP contribution in [0.4, 0.5) is 34.7 Å². The van der Waals surface area contributed by atoms with Gasteiger partial charge in [-0.15, -0.1) is 0 Å². The minimum absolute atomic E-state index is 0.00704. The van der Waals surface area contributed by atoms with E-state index in [4.69, 9.17) is 25.7 Å². The van der Waals surface area contributed by atoms with Crippen molar-refractivity contribution >= 4 is 41.5 Å². The lowest BCUT2D eigenvalue weighted by Crippen LogP contribution is -2.54. The predicted octanol–water partition coefficient (Wildman–Crippen LogP) is 0.951. The van der Waals surface area contributed by atoms with Crippen LogP contribution < -0.4 is 38.4 Å². The highest BCUT2D eigenvalue weighted by Crippen LogP contribution is 2.42. The number of likely N-dealkylation sites (N-methyl/N-ethyl adjacent to an activating group) is 2. The molecule has 1 aliphatic rings. The SMILES string of the molecule is CC(C)N[C@H](C(=O)N[C@@H](CCCNC(N)=O)C(=O)Nc1ccc(COC(=O)N(C)CCN(C)C(=O)OC[C@H]2O[C@@H](n3ccc(N)nc3=O)C(F)(F)C2O)cc1)C(C)C. The summed E-state index contributed by atoms with van der Waals surface area (Å²) in [6, 6.07) is 5.44. The van der Waals surface area contributed by atoms with Crippen LogP contribution in [0.5, 0.6) is 0 Å². The highest BCUT2D eigenvalue weighted by atomic mass is 19.3. The molecule has 5 atom stereocenters. The third-order valence-electron chi connectivity index (χ3n) is 8.90. The van der Waals surface area contributed by atoms with Crippen LogP contribution in [0.15, 0.2) is 41.3 Å². The zero-order valence-electron chi connectivity index (χ0n) is 33.3. The molecule has 1 aromatic heterocycles. The Balaban J connectivity index is 1.47. The monoisotopic (exact) mass is 824 g/mol. The average Bonchev–Trinajstić information content (AvgIpc) is 3.38. The highest BCUT2D eigenvalue weighted by Gasteiger charge is 2.60. The van der Waals surface area contributed by atoms with Gasteiger partial charge in [-0.2, -0.15) is 13.8 Å². The molecule has 0 saturated carbocycles. The predicted molar refractivity (Wildman–Crippen MR) is 205 cm³/mol. The maximum Gasteiger partial charge on any atom is 0.409 e. The summed E-state index contributed by atoms with van der Waals surface area (Å²) in [5.41, 5.74) is 10.4. The molecule has 22 heteroatoms. The van der Waals surface area contributed by atoms with Crippen molar-refractivity contribution in [2.75, 3.05) is 51.4 Å². The molecule has 2 aromatic rings. The van der Waals surface area contributed by atoms with Gasteiger partial charge in [0.2, 0.25) is 18.0 Å². The van der Waals surface area contributed by atoms with Crippen molar-refractivity contribution in [3.63, 3.8) is 0 Å². The van der Waals surface area contributed by atoms with E-state index in [0.29, 0.717) is 22.2 Å². The number of aromatic nitrogens is 2. The third-order valence-corrected chi connectivity index (χ3v) is 8.90. The second kappa shape index (κ2) is 21.2. The molecule has 9 N–H and O–H groups in total. The van der Waals surface area contributed by atoms with E-state index in [9.17, 15) is 42.7 Å². The maximum absolute atomic E-state index is 14.8. The number of halogens is 2. The quantitative estimate of drug-likeness (QED) is 0.0974. The van der Waals surface area contributed by atoms with E-state index >= 15 is 0 Å². The Bertz CT molecular complexity index is 1780. The van der Waals surface area contributed by atoms with Gasteiger partial charge >= 0.3 is 29.8 Å². The molecule has 0 spiro atoms. The van der Waals surface area contributed by atoms with Gasteiger partial charge in [0.05, 0.1) is 6.04 Å². The van der Waals surface area contributed by atoms with Crippen LogP contribution in [0, 0.1) is 5.92 Å². The van der Waals surface area contributed by atoms with Crippen LogP contribution in [0.1, 0.15) is 52.3 Å². The number of carbonyl (C=O) groups excluding carboxylic acids is 5. The van der Waals surface area contributed by atoms with Gasteiger partial charge in [-0.05, 0) is 42.5 Å². The van der Waals surface area contributed by atoms with Crippen LogP contribution in [0.25, 0.3) is 0 Å². The Labute approximate surface area is 333 Å². The van der Waals surface area contributed by atoms with E-state index in [1.54, 1.807) is 24.3 Å². The van der Waals surface area contributed by atoms with Gasteiger partial charge in [0, 0.05) is 51.7 Å². The fourth-order valence-electron chi connectivity index (χ4n) is 5.60. The van der Waals surface area contributed by atoms with E-state index in [0.717, 1.165) is 17.2 Å². The molecule has 0 radical (unpaired) electrons. The molecule has 1 fully saturated rings. The number of ether oxygens (including phenoxy) is 3. The normalized spacial score (nSPS) is 18.2. The number of urea groups is 1. The van der Waals surface area contributed by atoms with Gasteiger partial charge in [0.15, 0.2) is 6.10 Å². The van der Waals surface area contributed by atoms with E-state index < -0.39 is 72.9 Å². The lowest BCUT2D eigenvalue weighted by atomic mass is 10.0. The molecule has 6 amide bonds. The van der Waals surface area contributed by atoms with Crippen LogP contribution in [0.2, 0.25) is 0 Å². The number of nitrogens with two attached hydrogens (primary N) is 2. The summed E-state index contributed by atoms with van der Waals surface area (Å²) in [6.45, 7) is 6.87. The van der Waals surface area contributed by atoms with Crippen molar-refractivity contribution in [1.82, 2.24) is 35.3 Å². The van der Waals surface area contributed by atoms with E-state index in [1.165, 1.54) is 19.0 Å². The van der Waals surface area contributed by atoms with E-state index in [1.807, 2.05) is 27.7 Å². The number of nitrogens with zero attached hydrogens (tertiary/aromatic N) is 4. The first-order valence-corrected chi connectivity index (χ1v) is 18.5. The Kier molecular flexibility index (Phi) is 17.1. The van der Waals surface area contributed by atoms with Gasteiger partial charge in [-0.1, -0.05) is 39.8 Å². The number of hydrogen-bond acceptors (Lipinski definition) is 13. The molecule has 1 aromatic carbocycles. The summed E-state index contributed by atoms with van der Waals surface area (Å²) in [7, 11) is 2.77. The smallest absolute Gasteiger partial charge is 0.409 e. The van der Waals surface area contributed by atoms with Gasteiger partial charge in [0.25, 0.3) is 0 Å². The van der Waals surface area contributed by atoms with Crippen molar-refractivity contribution in [1.29, 1.82) is 0 Å². The Morgan fingerprint density at radius 3 is 2.19 bits per heavy atom. The molecule has 0 bridgehead atoms. The number of aliphatic hydroxyl groups is 1. The number of alkyl halides is 2. The van der Waals surface area contributed by atoms with Crippen LogP contribution >= 0.6 is 0 Å². The standard InChI is InChI=1S/C36H54F2N10O10/c1-20(2)27(42-21(3)4)30(51)44-24(8-7-14-41-32(40)52)29(50)43-23-11-9-22(10-12-23)18-56-34(54)46(5)16-17-47(6)35(55)57-19-25-28(49)36(37,38)31(58-25)48-15-13-26(39)45-33(48)53/h9-13,15,20-21,24-25,27-28,31,42,49H,7-8,14,16-19H2,1-6H3,(H,43,50)(H,44,51)(H2,39,45,53)(H3,40,41,52)/t24-,25+,27-,28?,31+/m0/s1. The summed E-state index contributed by atoms with van der Waals surface area (Å²) < 4.78 is 45.6. The molecule has 322 valence electrons. The van der Waals surface area contributed by atoms with Crippen molar-refractivity contribution in [2.24, 2.45) is 11.7 Å². The maximum atomic E-state index is 14.8. The molecule has 1 unspecified atom stereocenters. The van der Waals surface area contributed by atoms with Gasteiger partial charge in [-0.3, -0.25) is 14.2 Å². The second-order valence-electron chi connectivity index (χ2n) is 14.4. The summed E-state index contributed by atoms with van der Waals surface area (Å²) in [6.07, 6.45) is -6.44. The number of amides is 6. The topological polar surface area (TPSA) is 275 Å². The Morgan fingerprint density at radius 2 is 1.62 bits per heavy atom. The van der Waals surface area contributed by atoms with Crippen LogP contribution in [-0.4, -0.2) is 131 Å². The average molecular weight is 825 g/mol. The van der Waals surface area contributed by atoms with Gasteiger partial charge in [-0.25, -0.2) is 19.2 Å². The van der Waals surface area contributed by atoms with Crippen LogP contribution in [-0.2, 0) is 30.4 Å². The lowest BCUT2D eigenvalue weighted by Gasteiger charge is -2.27. The first-order valence-electron chi connectivity index (χ1n) is 18.5. The molecule has 20 nitrogen and oxygen atoms in total. The van der Waals surface area contributed by atoms with Crippen molar-refractivity contribution in [2.45, 2.75) is 89.6 Å². The molecule has 0 aliphatic carbocycles. The minimum Gasteiger partial charge on any atom is -0.447 e. The number of aliphatic hydroxyl groups excluding tert-OH is 1. The fraction of sp³-hybridized carbons (Fsp3) is 0.583. The minimum atomic E-state index is -3.92. The van der Waals surface area contributed by atoms with Crippen molar-refractivity contribution < 1.29 is 52.1 Å². The summed E-state index contributed by atoms with van der Waals surface area (Å²) in [5, 5.41) is 21.4. The Hall–Kier alpha value is -5.61. The van der Waals surface area contributed by atoms with E-state index in [-0.39, 0.29) is 56.3 Å². The first kappa shape index (κ1) is 46.8. The van der Waals surface area contributed by atoms with Gasteiger partial charge < -0.3 is 61.9 Å². The molecule has 3 rings (SSSR count). The molecule has 2 heterocycles. The molecule has 1 saturated heterocycles. The number of carbonyl (C=O) groups is 5. The number of benzene rings is 1. The zero-order chi connectivity index (χ0) is 43.3. The number of hydrogen-bond donors (Lipinski definition) is 7. The Morgan fingerprint density at radius 1 is 1.00 bits per heavy atom. The lowest BCUT2D eigenvalue weighted by molar-refractivity contribution is -0.141. The highest BCUT2D eigenvalue weighted by molar-refractivity contribution is 5.98. The molecular weight excluding hydrogens is 770 g/mol. The summed E-state index contributed by atoms with van der Waals surface area (Å²) in [5.74, 6) is -4.98. The first-order chi connectivity index (χ1) is 27.2. The second-order valence-corrected chi connectivity index (χ2v) is 14.4. The molecular formula is C36H54F2N10O10. The van der Waals surface area contributed by atoms with Crippen molar-refractivity contribution in [3.05, 3.63) is 52.6 Å². The summed E-state index contributed by atoms with van der Waals surface area (Å²) >= 11 is 0. The summed E-state index contributed by atoms with van der Waals surface area (Å²) in [4.78, 5) is 80.5. The zero-order valence-corrected chi connectivity index (χ0v) is 33.3. The molecule has 1 aliphatic heterocycles. The third kappa shape index (κ3) is 13.5. The number of nitrogens with one attached hydrogen (secondary N) is 4.